The fourth-order valence-electron chi connectivity index (χ4n) is 3.33. The third-order valence-corrected chi connectivity index (χ3v) is 5.10. The second kappa shape index (κ2) is 9.22. The molecule has 1 heterocycles. The van der Waals surface area contributed by atoms with Crippen LogP contribution in [0.5, 0.6) is 0 Å². The second-order valence-corrected chi connectivity index (χ2v) is 7.47. The third-order valence-electron chi connectivity index (χ3n) is 5.10. The average Bonchev–Trinajstić information content (AvgIpc) is 2.79. The summed E-state index contributed by atoms with van der Waals surface area (Å²) in [5, 5.41) is 6.25. The van der Waals surface area contributed by atoms with Crippen LogP contribution < -0.4 is 10.6 Å². The maximum atomic E-state index is 12.5. The van der Waals surface area contributed by atoms with E-state index in [0.29, 0.717) is 17.9 Å². The molecular formula is C26H24N4O. The molecule has 1 amide bonds. The first-order valence-corrected chi connectivity index (χ1v) is 10.2. The maximum Gasteiger partial charge on any atom is 0.251 e. The molecule has 4 rings (SSSR count). The molecule has 2 N–H and O–H groups in total. The van der Waals surface area contributed by atoms with E-state index >= 15 is 0 Å². The summed E-state index contributed by atoms with van der Waals surface area (Å²) in [5.41, 5.74) is 6.83. The Labute approximate surface area is 182 Å². The van der Waals surface area contributed by atoms with Gasteiger partial charge in [-0.2, -0.15) is 0 Å². The molecule has 0 unspecified atom stereocenters. The molecule has 0 radical (unpaired) electrons. The number of nitrogens with one attached hydrogen (secondary N) is 2. The van der Waals surface area contributed by atoms with E-state index in [-0.39, 0.29) is 5.91 Å². The molecule has 0 saturated carbocycles. The van der Waals surface area contributed by atoms with Gasteiger partial charge in [-0.25, -0.2) is 9.97 Å². The van der Waals surface area contributed by atoms with Crippen LogP contribution in [0.2, 0.25) is 0 Å². The van der Waals surface area contributed by atoms with Crippen LogP contribution in [-0.2, 0) is 6.54 Å². The number of carbonyl (C=O) groups excluding carboxylic acids is 1. The van der Waals surface area contributed by atoms with Crippen LogP contribution in [0.3, 0.4) is 0 Å². The number of hydrogen-bond acceptors (Lipinski definition) is 4. The molecule has 0 saturated heterocycles. The Kier molecular flexibility index (Phi) is 6.03. The van der Waals surface area contributed by atoms with Crippen molar-refractivity contribution < 1.29 is 4.79 Å². The normalized spacial score (nSPS) is 10.5. The van der Waals surface area contributed by atoms with E-state index < -0.39 is 0 Å². The predicted octanol–water partition coefficient (Wildman–Crippen LogP) is 5.43. The zero-order valence-electron chi connectivity index (χ0n) is 17.6. The molecule has 0 spiro atoms. The summed E-state index contributed by atoms with van der Waals surface area (Å²) < 4.78 is 0. The van der Waals surface area contributed by atoms with Crippen molar-refractivity contribution >= 4 is 17.4 Å². The van der Waals surface area contributed by atoms with Crippen molar-refractivity contribution in [2.45, 2.75) is 20.4 Å². The molecule has 31 heavy (non-hydrogen) atoms. The number of aromatic nitrogens is 2. The van der Waals surface area contributed by atoms with Crippen molar-refractivity contribution in [2.24, 2.45) is 0 Å². The van der Waals surface area contributed by atoms with Gasteiger partial charge in [0, 0.05) is 29.4 Å². The number of anilines is 2. The van der Waals surface area contributed by atoms with Crippen LogP contribution in [0.1, 0.15) is 27.0 Å². The van der Waals surface area contributed by atoms with E-state index in [1.54, 1.807) is 18.5 Å². The van der Waals surface area contributed by atoms with E-state index in [1.165, 1.54) is 5.56 Å². The minimum atomic E-state index is -0.0985. The predicted molar refractivity (Wildman–Crippen MR) is 124 cm³/mol. The highest BCUT2D eigenvalue weighted by atomic mass is 16.1. The van der Waals surface area contributed by atoms with Gasteiger partial charge in [0.1, 0.15) is 12.1 Å². The first-order chi connectivity index (χ1) is 15.1. The fraction of sp³-hybridized carbons (Fsp3) is 0.115. The summed E-state index contributed by atoms with van der Waals surface area (Å²) >= 11 is 0. The first-order valence-electron chi connectivity index (χ1n) is 10.2. The molecule has 0 bridgehead atoms. The van der Waals surface area contributed by atoms with E-state index in [4.69, 9.17) is 0 Å². The van der Waals surface area contributed by atoms with Gasteiger partial charge in [-0.1, -0.05) is 48.0 Å². The van der Waals surface area contributed by atoms with Gasteiger partial charge < -0.3 is 10.6 Å². The number of aryl methyl sites for hydroxylation is 2. The zero-order chi connectivity index (χ0) is 21.6. The monoisotopic (exact) mass is 408 g/mol. The van der Waals surface area contributed by atoms with E-state index in [0.717, 1.165) is 28.1 Å². The lowest BCUT2D eigenvalue weighted by atomic mass is 10.1. The molecule has 0 atom stereocenters. The lowest BCUT2D eigenvalue weighted by Crippen LogP contribution is -2.23. The molecule has 5 nitrogen and oxygen atoms in total. The second-order valence-electron chi connectivity index (χ2n) is 7.47. The Hall–Kier alpha value is -3.99. The summed E-state index contributed by atoms with van der Waals surface area (Å²) in [5.74, 6) is 0.599. The van der Waals surface area contributed by atoms with Gasteiger partial charge in [0.25, 0.3) is 5.91 Å². The minimum Gasteiger partial charge on any atom is -0.348 e. The summed E-state index contributed by atoms with van der Waals surface area (Å²) in [4.78, 5) is 21.2. The molecule has 0 aliphatic carbocycles. The summed E-state index contributed by atoms with van der Waals surface area (Å²) in [7, 11) is 0. The smallest absolute Gasteiger partial charge is 0.251 e. The molecule has 3 aromatic carbocycles. The van der Waals surface area contributed by atoms with E-state index in [1.807, 2.05) is 61.5 Å². The van der Waals surface area contributed by atoms with Crippen LogP contribution in [0, 0.1) is 13.8 Å². The number of amides is 1. The van der Waals surface area contributed by atoms with E-state index in [2.05, 4.69) is 39.7 Å². The van der Waals surface area contributed by atoms with Gasteiger partial charge in [-0.15, -0.1) is 0 Å². The third kappa shape index (κ3) is 5.14. The molecule has 0 aliphatic heterocycles. The van der Waals surface area contributed by atoms with Crippen molar-refractivity contribution in [2.75, 3.05) is 5.32 Å². The van der Waals surface area contributed by atoms with Crippen LogP contribution >= 0.6 is 0 Å². The largest absolute Gasteiger partial charge is 0.348 e. The highest BCUT2D eigenvalue weighted by Gasteiger charge is 2.07. The lowest BCUT2D eigenvalue weighted by Gasteiger charge is -2.10. The average molecular weight is 409 g/mol. The summed E-state index contributed by atoms with van der Waals surface area (Å²) in [6.07, 6.45) is 1.55. The highest BCUT2D eigenvalue weighted by Crippen LogP contribution is 2.22. The van der Waals surface area contributed by atoms with Gasteiger partial charge in [0.2, 0.25) is 0 Å². The summed E-state index contributed by atoms with van der Waals surface area (Å²) in [6.45, 7) is 4.61. The number of nitrogens with zero attached hydrogens (tertiary/aromatic N) is 2. The van der Waals surface area contributed by atoms with Crippen molar-refractivity contribution in [1.82, 2.24) is 15.3 Å². The standard InChI is InChI=1S/C26H24N4O/c1-18-6-5-9-21(14-18)24-15-25(29-17-28-24)30-23-12-10-20(11-13-23)26(31)27-16-22-8-4-3-7-19(22)2/h3-15,17H,16H2,1-2H3,(H,27,31)(H,28,29,30). The Bertz CT molecular complexity index is 1200. The number of carbonyl (C=O) groups is 1. The van der Waals surface area contributed by atoms with Crippen molar-refractivity contribution in [3.05, 3.63) is 107 Å². The fourth-order valence-corrected chi connectivity index (χ4v) is 3.33. The first kappa shape index (κ1) is 20.3. The molecule has 0 fully saturated rings. The molecule has 154 valence electrons. The molecular weight excluding hydrogens is 384 g/mol. The Morgan fingerprint density at radius 1 is 0.871 bits per heavy atom. The zero-order valence-corrected chi connectivity index (χ0v) is 17.6. The number of benzene rings is 3. The highest BCUT2D eigenvalue weighted by molar-refractivity contribution is 5.94. The van der Waals surface area contributed by atoms with Crippen molar-refractivity contribution in [1.29, 1.82) is 0 Å². The maximum absolute atomic E-state index is 12.5. The van der Waals surface area contributed by atoms with Crippen molar-refractivity contribution in [3.8, 4) is 11.3 Å². The van der Waals surface area contributed by atoms with Gasteiger partial charge in [0.15, 0.2) is 0 Å². The number of hydrogen-bond donors (Lipinski definition) is 2. The lowest BCUT2D eigenvalue weighted by molar-refractivity contribution is 0.0951. The van der Waals surface area contributed by atoms with Crippen LogP contribution in [0.4, 0.5) is 11.5 Å². The SMILES string of the molecule is Cc1cccc(-c2cc(Nc3ccc(C(=O)NCc4ccccc4C)cc3)ncn2)c1. The molecule has 5 heteroatoms. The molecule has 4 aromatic rings. The topological polar surface area (TPSA) is 66.9 Å². The number of rotatable bonds is 6. The van der Waals surface area contributed by atoms with Crippen LogP contribution in [-0.4, -0.2) is 15.9 Å². The van der Waals surface area contributed by atoms with E-state index in [9.17, 15) is 4.79 Å². The molecule has 0 aliphatic rings. The van der Waals surface area contributed by atoms with Crippen molar-refractivity contribution in [3.63, 3.8) is 0 Å². The van der Waals surface area contributed by atoms with Gasteiger partial charge in [-0.3, -0.25) is 4.79 Å². The van der Waals surface area contributed by atoms with Crippen LogP contribution in [0.15, 0.2) is 85.2 Å². The quantitative estimate of drug-likeness (QED) is 0.446. The Morgan fingerprint density at radius 2 is 1.68 bits per heavy atom. The Balaban J connectivity index is 1.41. The molecule has 1 aromatic heterocycles. The summed E-state index contributed by atoms with van der Waals surface area (Å²) in [6, 6.07) is 25.5. The van der Waals surface area contributed by atoms with Gasteiger partial charge >= 0.3 is 0 Å². The van der Waals surface area contributed by atoms with Crippen LogP contribution in [0.25, 0.3) is 11.3 Å². The minimum absolute atomic E-state index is 0.0985. The van der Waals surface area contributed by atoms with Gasteiger partial charge in [-0.05, 0) is 55.3 Å². The Morgan fingerprint density at radius 3 is 2.45 bits per heavy atom. The van der Waals surface area contributed by atoms with Gasteiger partial charge in [0.05, 0.1) is 5.69 Å².